The Morgan fingerprint density at radius 2 is 1.79 bits per heavy atom. The molecule has 0 bridgehead atoms. The molecule has 1 saturated heterocycles. The summed E-state index contributed by atoms with van der Waals surface area (Å²) in [6.07, 6.45) is 1.11. The molecule has 4 heterocycles. The van der Waals surface area contributed by atoms with Crippen molar-refractivity contribution in [1.29, 1.82) is 0 Å². The minimum Gasteiger partial charge on any atom is -0.369 e. The number of nitrogens with zero attached hydrogens (tertiary/aromatic N) is 5. The number of aryl methyl sites for hydroxylation is 2. The molecule has 0 spiro atoms. The van der Waals surface area contributed by atoms with Gasteiger partial charge in [-0.3, -0.25) is 4.68 Å². The average Bonchev–Trinajstić information content (AvgIpc) is 3.21. The van der Waals surface area contributed by atoms with Crippen LogP contribution in [0.3, 0.4) is 0 Å². The first-order valence-electron chi connectivity index (χ1n) is 9.89. The van der Waals surface area contributed by atoms with Crippen LogP contribution in [-0.4, -0.2) is 64.4 Å². The molecule has 3 aromatic rings. The molecule has 2 aliphatic heterocycles. The highest BCUT2D eigenvalue weighted by molar-refractivity contribution is 5.86. The van der Waals surface area contributed by atoms with Crippen molar-refractivity contribution in [2.45, 2.75) is 26.4 Å². The molecular weight excluding hydrogens is 409 g/mol. The zero-order valence-electron chi connectivity index (χ0n) is 16.9. The predicted octanol–water partition coefficient (Wildman–Crippen LogP) is 2.82. The van der Waals surface area contributed by atoms with E-state index >= 15 is 0 Å². The van der Waals surface area contributed by atoms with E-state index in [2.05, 4.69) is 57.0 Å². The van der Waals surface area contributed by atoms with Crippen LogP contribution in [0, 0.1) is 6.92 Å². The number of hydrogen-bond acceptors (Lipinski definition) is 5. The molecule has 1 aromatic carbocycles. The van der Waals surface area contributed by atoms with E-state index in [9.17, 15) is 0 Å². The number of H-pyrrole nitrogens is 1. The molecule has 5 rings (SSSR count). The quantitative estimate of drug-likeness (QED) is 0.644. The molecule has 158 valence electrons. The summed E-state index contributed by atoms with van der Waals surface area (Å²) >= 11 is 0. The minimum atomic E-state index is 0. The summed E-state index contributed by atoms with van der Waals surface area (Å²) in [5.74, 6) is 0.865. The predicted molar refractivity (Wildman–Crippen MR) is 123 cm³/mol. The summed E-state index contributed by atoms with van der Waals surface area (Å²) in [7, 11) is 2.19. The second-order valence-electron chi connectivity index (χ2n) is 7.81. The molecule has 0 saturated carbocycles. The number of nitrogens with one attached hydrogen (secondary N) is 2. The van der Waals surface area contributed by atoms with E-state index in [0.717, 1.165) is 74.8 Å². The maximum atomic E-state index is 4.87. The highest BCUT2D eigenvalue weighted by Gasteiger charge is 2.18. The summed E-state index contributed by atoms with van der Waals surface area (Å²) in [5.41, 5.74) is 6.81. The second kappa shape index (κ2) is 8.92. The first-order chi connectivity index (χ1) is 13.2. The fourth-order valence-corrected chi connectivity index (χ4v) is 4.12. The Kier molecular flexibility index (Phi) is 6.73. The van der Waals surface area contributed by atoms with Crippen LogP contribution in [0.1, 0.15) is 17.7 Å². The number of rotatable bonds is 2. The third kappa shape index (κ3) is 4.23. The first kappa shape index (κ1) is 21.9. The first-order valence-corrected chi connectivity index (χ1v) is 9.89. The fraction of sp³-hybridized carbons (Fsp3) is 0.500. The van der Waals surface area contributed by atoms with Gasteiger partial charge in [-0.25, -0.2) is 4.98 Å². The zero-order valence-corrected chi connectivity index (χ0v) is 18.6. The Labute approximate surface area is 183 Å². The number of aromatic nitrogens is 4. The van der Waals surface area contributed by atoms with Crippen LogP contribution in [-0.2, 0) is 13.1 Å². The largest absolute Gasteiger partial charge is 0.369 e. The van der Waals surface area contributed by atoms with Crippen LogP contribution in [0.25, 0.3) is 22.6 Å². The zero-order chi connectivity index (χ0) is 18.4. The highest BCUT2D eigenvalue weighted by atomic mass is 35.5. The Bertz CT molecular complexity index is 949. The van der Waals surface area contributed by atoms with Crippen molar-refractivity contribution in [2.75, 3.05) is 44.7 Å². The van der Waals surface area contributed by atoms with Crippen LogP contribution >= 0.6 is 24.8 Å². The number of halogens is 2. The van der Waals surface area contributed by atoms with Gasteiger partial charge in [0.1, 0.15) is 5.69 Å². The number of imidazole rings is 1. The molecule has 0 atom stereocenters. The molecule has 2 aliphatic rings. The molecule has 9 heteroatoms. The number of anilines is 1. The van der Waals surface area contributed by atoms with E-state index in [-0.39, 0.29) is 24.8 Å². The van der Waals surface area contributed by atoms with Crippen LogP contribution in [0.4, 0.5) is 5.69 Å². The third-order valence-corrected chi connectivity index (χ3v) is 5.77. The summed E-state index contributed by atoms with van der Waals surface area (Å²) in [4.78, 5) is 13.2. The van der Waals surface area contributed by atoms with Crippen molar-refractivity contribution < 1.29 is 0 Å². The van der Waals surface area contributed by atoms with Crippen molar-refractivity contribution in [3.8, 4) is 11.5 Å². The standard InChI is InChI=1S/C20H27N7.2ClH/c1-14-10-15(26-8-6-25(2)7-9-26)11-17-19(14)23-20(22-17)18-12-16-13-21-4-3-5-27(16)24-18;;/h10-12,21H,3-9,13H2,1-2H3,(H,22,23);2*1H. The van der Waals surface area contributed by atoms with Gasteiger partial charge in [-0.15, -0.1) is 24.8 Å². The van der Waals surface area contributed by atoms with Crippen molar-refractivity contribution in [1.82, 2.24) is 30.0 Å². The van der Waals surface area contributed by atoms with E-state index < -0.39 is 0 Å². The summed E-state index contributed by atoms with van der Waals surface area (Å²) in [6, 6.07) is 6.67. The van der Waals surface area contributed by atoms with Crippen molar-refractivity contribution in [3.05, 3.63) is 29.5 Å². The lowest BCUT2D eigenvalue weighted by Crippen LogP contribution is -2.44. The molecule has 0 unspecified atom stereocenters. The molecule has 2 N–H and O–H groups in total. The number of benzene rings is 1. The van der Waals surface area contributed by atoms with Gasteiger partial charge >= 0.3 is 0 Å². The maximum absolute atomic E-state index is 4.87. The Balaban J connectivity index is 0.00000120. The van der Waals surface area contributed by atoms with Gasteiger partial charge in [-0.05, 0) is 50.7 Å². The topological polar surface area (TPSA) is 65.0 Å². The van der Waals surface area contributed by atoms with E-state index in [4.69, 9.17) is 10.1 Å². The summed E-state index contributed by atoms with van der Waals surface area (Å²) < 4.78 is 2.12. The molecule has 0 aliphatic carbocycles. The van der Waals surface area contributed by atoms with Crippen molar-refractivity contribution >= 4 is 41.5 Å². The molecule has 0 amide bonds. The van der Waals surface area contributed by atoms with Crippen molar-refractivity contribution in [3.63, 3.8) is 0 Å². The number of likely N-dealkylation sites (N-methyl/N-ethyl adjacent to an activating group) is 1. The van der Waals surface area contributed by atoms with Gasteiger partial charge in [0.15, 0.2) is 5.82 Å². The normalized spacial score (nSPS) is 17.4. The van der Waals surface area contributed by atoms with E-state index in [1.807, 2.05) is 0 Å². The van der Waals surface area contributed by atoms with Gasteiger partial charge in [0.2, 0.25) is 0 Å². The minimum absolute atomic E-state index is 0. The molecule has 0 radical (unpaired) electrons. The fourth-order valence-electron chi connectivity index (χ4n) is 4.12. The van der Waals surface area contributed by atoms with E-state index in [0.29, 0.717) is 0 Å². The molecule has 29 heavy (non-hydrogen) atoms. The molecule has 7 nitrogen and oxygen atoms in total. The van der Waals surface area contributed by atoms with Gasteiger partial charge in [0.05, 0.1) is 16.7 Å². The highest BCUT2D eigenvalue weighted by Crippen LogP contribution is 2.28. The SMILES string of the molecule is Cc1cc(N2CCN(C)CC2)cc2[nH]c(-c3cc4n(n3)CCCNC4)nc12.Cl.Cl. The lowest BCUT2D eigenvalue weighted by Gasteiger charge is -2.34. The third-order valence-electron chi connectivity index (χ3n) is 5.77. The van der Waals surface area contributed by atoms with Gasteiger partial charge in [0.25, 0.3) is 0 Å². The lowest BCUT2D eigenvalue weighted by atomic mass is 10.1. The average molecular weight is 438 g/mol. The number of fused-ring (bicyclic) bond motifs is 2. The monoisotopic (exact) mass is 437 g/mol. The van der Waals surface area contributed by atoms with Crippen molar-refractivity contribution in [2.24, 2.45) is 0 Å². The van der Waals surface area contributed by atoms with Crippen LogP contribution in [0.2, 0.25) is 0 Å². The smallest absolute Gasteiger partial charge is 0.159 e. The Morgan fingerprint density at radius 1 is 1.00 bits per heavy atom. The summed E-state index contributed by atoms with van der Waals surface area (Å²) in [6.45, 7) is 9.41. The Hall–Kier alpha value is -1.80. The number of hydrogen-bond donors (Lipinski definition) is 2. The number of aromatic amines is 1. The van der Waals surface area contributed by atoms with Gasteiger partial charge in [0, 0.05) is 45.0 Å². The lowest BCUT2D eigenvalue weighted by molar-refractivity contribution is 0.313. The Morgan fingerprint density at radius 3 is 2.59 bits per heavy atom. The van der Waals surface area contributed by atoms with Crippen LogP contribution < -0.4 is 10.2 Å². The second-order valence-corrected chi connectivity index (χ2v) is 7.81. The van der Waals surface area contributed by atoms with E-state index in [1.54, 1.807) is 0 Å². The van der Waals surface area contributed by atoms with Crippen LogP contribution in [0.5, 0.6) is 0 Å². The molecular formula is C20H29Cl2N7. The summed E-state index contributed by atoms with van der Waals surface area (Å²) in [5, 5.41) is 8.24. The van der Waals surface area contributed by atoms with Gasteiger partial charge in [-0.1, -0.05) is 0 Å². The van der Waals surface area contributed by atoms with Crippen LogP contribution in [0.15, 0.2) is 18.2 Å². The molecule has 2 aromatic heterocycles. The van der Waals surface area contributed by atoms with Gasteiger partial charge in [-0.2, -0.15) is 5.10 Å². The maximum Gasteiger partial charge on any atom is 0.159 e. The molecule has 1 fully saturated rings. The van der Waals surface area contributed by atoms with Gasteiger partial charge < -0.3 is 20.1 Å². The van der Waals surface area contributed by atoms with E-state index in [1.165, 1.54) is 16.9 Å². The number of piperazine rings is 1.